The van der Waals surface area contributed by atoms with Gasteiger partial charge in [-0.05, 0) is 30.9 Å². The van der Waals surface area contributed by atoms with E-state index >= 15 is 0 Å². The van der Waals surface area contributed by atoms with Crippen molar-refractivity contribution in [1.29, 1.82) is 0 Å². The first-order valence-electron chi connectivity index (χ1n) is 3.71. The molecule has 0 saturated heterocycles. The maximum absolute atomic E-state index is 10.8. The number of carbonyl (C=O) groups excluding carboxylic acids is 1. The molecule has 1 aliphatic rings. The lowest BCUT2D eigenvalue weighted by Gasteiger charge is -2.02. The Bertz CT molecular complexity index is 177. The minimum Gasteiger partial charge on any atom is -0.290 e. The second-order valence-electron chi connectivity index (χ2n) is 2.57. The Balaban J connectivity index is 2.62. The van der Waals surface area contributed by atoms with E-state index in [0.29, 0.717) is 5.92 Å². The van der Waals surface area contributed by atoms with Gasteiger partial charge in [-0.25, -0.2) is 0 Å². The molecule has 0 bridgehead atoms. The van der Waals surface area contributed by atoms with Crippen LogP contribution in [0, 0.1) is 5.92 Å². The molecule has 0 aromatic rings. The normalized spacial score (nSPS) is 24.9. The van der Waals surface area contributed by atoms with Gasteiger partial charge in [0.2, 0.25) is 0 Å². The van der Waals surface area contributed by atoms with E-state index in [0.717, 1.165) is 12.8 Å². The largest absolute Gasteiger partial charge is 0.290 e. The fourth-order valence-corrected chi connectivity index (χ4v) is 1.03. The number of carbonyl (C=O) groups is 1. The van der Waals surface area contributed by atoms with Crippen LogP contribution in [-0.2, 0) is 4.79 Å². The van der Waals surface area contributed by atoms with Crippen LogP contribution in [0.25, 0.3) is 0 Å². The zero-order valence-corrected chi connectivity index (χ0v) is 6.21. The fourth-order valence-electron chi connectivity index (χ4n) is 1.03. The van der Waals surface area contributed by atoms with E-state index in [2.05, 4.69) is 6.92 Å². The van der Waals surface area contributed by atoms with Crippen LogP contribution in [0.4, 0.5) is 0 Å². The van der Waals surface area contributed by atoms with Crippen molar-refractivity contribution >= 4 is 5.78 Å². The van der Waals surface area contributed by atoms with E-state index < -0.39 is 0 Å². The summed E-state index contributed by atoms with van der Waals surface area (Å²) in [4.78, 5) is 10.8. The highest BCUT2D eigenvalue weighted by molar-refractivity contribution is 5.99. The first kappa shape index (κ1) is 7.26. The molecule has 0 fully saturated rings. The van der Waals surface area contributed by atoms with Gasteiger partial charge in [0.25, 0.3) is 0 Å². The highest BCUT2D eigenvalue weighted by atomic mass is 16.1. The molecule has 0 heterocycles. The van der Waals surface area contributed by atoms with Crippen molar-refractivity contribution in [2.24, 2.45) is 5.92 Å². The molecule has 0 saturated carbocycles. The summed E-state index contributed by atoms with van der Waals surface area (Å²) in [6.07, 6.45) is 9.40. The van der Waals surface area contributed by atoms with Gasteiger partial charge in [-0.15, -0.1) is 0 Å². The van der Waals surface area contributed by atoms with E-state index in [9.17, 15) is 4.79 Å². The minimum atomic E-state index is 0.121. The van der Waals surface area contributed by atoms with Crippen molar-refractivity contribution in [3.8, 4) is 0 Å². The van der Waals surface area contributed by atoms with Gasteiger partial charge < -0.3 is 0 Å². The molecule has 0 spiro atoms. The van der Waals surface area contributed by atoms with Crippen molar-refractivity contribution in [3.63, 3.8) is 0 Å². The van der Waals surface area contributed by atoms with Gasteiger partial charge in [0.1, 0.15) is 0 Å². The smallest absolute Gasteiger partial charge is 0.178 e. The summed E-state index contributed by atoms with van der Waals surface area (Å²) < 4.78 is 0. The van der Waals surface area contributed by atoms with Crippen molar-refractivity contribution in [1.82, 2.24) is 0 Å². The average molecular weight is 136 g/mol. The topological polar surface area (TPSA) is 17.1 Å². The maximum atomic E-state index is 10.8. The third-order valence-corrected chi connectivity index (χ3v) is 1.78. The third kappa shape index (κ3) is 1.83. The number of allylic oxidation sites excluding steroid dienone is 4. The number of ketones is 1. The van der Waals surface area contributed by atoms with Crippen LogP contribution in [0.15, 0.2) is 24.3 Å². The van der Waals surface area contributed by atoms with Crippen LogP contribution < -0.4 is 0 Å². The SMILES string of the molecule is CCC1C=CC(=O)C=CC1. The Hall–Kier alpha value is -0.850. The highest BCUT2D eigenvalue weighted by Gasteiger charge is 2.02. The van der Waals surface area contributed by atoms with E-state index in [1.54, 1.807) is 12.2 Å². The zero-order valence-electron chi connectivity index (χ0n) is 6.21. The summed E-state index contributed by atoms with van der Waals surface area (Å²) in [7, 11) is 0. The van der Waals surface area contributed by atoms with Crippen LogP contribution in [0.1, 0.15) is 19.8 Å². The second-order valence-corrected chi connectivity index (χ2v) is 2.57. The summed E-state index contributed by atoms with van der Waals surface area (Å²) in [6.45, 7) is 2.14. The molecule has 0 radical (unpaired) electrons. The van der Waals surface area contributed by atoms with Crippen LogP contribution in [0.3, 0.4) is 0 Å². The molecule has 1 atom stereocenters. The molecule has 0 amide bonds. The molecule has 1 nitrogen and oxygen atoms in total. The average Bonchev–Trinajstić information content (AvgIpc) is 2.14. The zero-order chi connectivity index (χ0) is 7.40. The van der Waals surface area contributed by atoms with E-state index in [1.807, 2.05) is 12.2 Å². The molecule has 1 heteroatoms. The lowest BCUT2D eigenvalue weighted by molar-refractivity contribution is -0.110. The summed E-state index contributed by atoms with van der Waals surface area (Å²) in [5.74, 6) is 0.693. The van der Waals surface area contributed by atoms with Crippen molar-refractivity contribution in [3.05, 3.63) is 24.3 Å². The first-order chi connectivity index (χ1) is 4.83. The third-order valence-electron chi connectivity index (χ3n) is 1.78. The Morgan fingerprint density at radius 1 is 1.60 bits per heavy atom. The number of hydrogen-bond acceptors (Lipinski definition) is 1. The molecule has 0 aromatic heterocycles. The van der Waals surface area contributed by atoms with Crippen molar-refractivity contribution < 1.29 is 4.79 Å². The van der Waals surface area contributed by atoms with Gasteiger partial charge in [-0.2, -0.15) is 0 Å². The summed E-state index contributed by atoms with van der Waals surface area (Å²) >= 11 is 0. The van der Waals surface area contributed by atoms with Gasteiger partial charge >= 0.3 is 0 Å². The minimum absolute atomic E-state index is 0.121. The van der Waals surface area contributed by atoms with Crippen LogP contribution in [0.5, 0.6) is 0 Å². The first-order valence-corrected chi connectivity index (χ1v) is 3.71. The van der Waals surface area contributed by atoms with Gasteiger partial charge in [0, 0.05) is 0 Å². The van der Waals surface area contributed by atoms with Crippen molar-refractivity contribution in [2.75, 3.05) is 0 Å². The van der Waals surface area contributed by atoms with E-state index in [1.165, 1.54) is 0 Å². The molecule has 0 N–H and O–H groups in total. The fraction of sp³-hybridized carbons (Fsp3) is 0.444. The number of hydrogen-bond donors (Lipinski definition) is 0. The molecule has 1 aliphatic carbocycles. The summed E-state index contributed by atoms with van der Waals surface area (Å²) in [6, 6.07) is 0. The van der Waals surface area contributed by atoms with E-state index in [-0.39, 0.29) is 5.78 Å². The maximum Gasteiger partial charge on any atom is 0.178 e. The molecule has 0 aliphatic heterocycles. The Kier molecular flexibility index (Phi) is 2.43. The predicted molar refractivity (Wildman–Crippen MR) is 41.7 cm³/mol. The Labute approximate surface area is 61.4 Å². The Morgan fingerprint density at radius 2 is 2.40 bits per heavy atom. The van der Waals surface area contributed by atoms with Crippen LogP contribution in [-0.4, -0.2) is 5.78 Å². The molecule has 54 valence electrons. The molecule has 1 rings (SSSR count). The van der Waals surface area contributed by atoms with Gasteiger partial charge in [0.05, 0.1) is 0 Å². The quantitative estimate of drug-likeness (QED) is 0.539. The molecular weight excluding hydrogens is 124 g/mol. The van der Waals surface area contributed by atoms with Crippen LogP contribution in [0.2, 0.25) is 0 Å². The van der Waals surface area contributed by atoms with Gasteiger partial charge in [0.15, 0.2) is 5.78 Å². The highest BCUT2D eigenvalue weighted by Crippen LogP contribution is 2.12. The van der Waals surface area contributed by atoms with Crippen molar-refractivity contribution in [2.45, 2.75) is 19.8 Å². The predicted octanol–water partition coefficient (Wildman–Crippen LogP) is 2.10. The monoisotopic (exact) mass is 136 g/mol. The van der Waals surface area contributed by atoms with Crippen LogP contribution >= 0.6 is 0 Å². The molecular formula is C9H12O. The van der Waals surface area contributed by atoms with Gasteiger partial charge in [-0.3, -0.25) is 4.79 Å². The molecule has 0 aromatic carbocycles. The lowest BCUT2D eigenvalue weighted by atomic mass is 10.0. The summed E-state index contributed by atoms with van der Waals surface area (Å²) in [5, 5.41) is 0. The van der Waals surface area contributed by atoms with Gasteiger partial charge in [-0.1, -0.05) is 19.1 Å². The number of rotatable bonds is 1. The standard InChI is InChI=1S/C9H12O/c1-2-8-4-3-5-9(10)7-6-8/h3,5-8H,2,4H2,1H3. The summed E-state index contributed by atoms with van der Waals surface area (Å²) in [5.41, 5.74) is 0. The Morgan fingerprint density at radius 3 is 3.10 bits per heavy atom. The van der Waals surface area contributed by atoms with E-state index in [4.69, 9.17) is 0 Å². The molecule has 10 heavy (non-hydrogen) atoms. The molecule has 1 unspecified atom stereocenters. The second kappa shape index (κ2) is 3.35. The lowest BCUT2D eigenvalue weighted by Crippen LogP contribution is -1.89.